The molecule has 3 aromatic rings. The summed E-state index contributed by atoms with van der Waals surface area (Å²) in [6.07, 6.45) is 13.3. The second-order valence-electron chi connectivity index (χ2n) is 9.73. The van der Waals surface area contributed by atoms with Gasteiger partial charge in [0.2, 0.25) is 0 Å². The fourth-order valence-corrected chi connectivity index (χ4v) is 5.34. The van der Waals surface area contributed by atoms with Crippen molar-refractivity contribution in [1.29, 1.82) is 0 Å². The second kappa shape index (κ2) is 11.7. The Labute approximate surface area is 200 Å². The number of aryl methyl sites for hydroxylation is 3. The Kier molecular flexibility index (Phi) is 8.46. The van der Waals surface area contributed by atoms with Gasteiger partial charge in [-0.05, 0) is 83.9 Å². The van der Waals surface area contributed by atoms with E-state index in [0.717, 1.165) is 16.9 Å². The van der Waals surface area contributed by atoms with Crippen molar-refractivity contribution < 1.29 is 0 Å². The average molecular weight is 445 g/mol. The first-order valence-corrected chi connectivity index (χ1v) is 13.0. The van der Waals surface area contributed by atoms with Gasteiger partial charge in [0.05, 0.1) is 0 Å². The summed E-state index contributed by atoms with van der Waals surface area (Å²) < 4.78 is 0. The Hall–Kier alpha value is -2.05. The van der Waals surface area contributed by atoms with Crippen molar-refractivity contribution in [3.05, 3.63) is 94.5 Å². The molecule has 0 unspecified atom stereocenters. The molecule has 1 aliphatic carbocycles. The van der Waals surface area contributed by atoms with Gasteiger partial charge in [-0.1, -0.05) is 111 Å². The van der Waals surface area contributed by atoms with E-state index < -0.39 is 0 Å². The highest BCUT2D eigenvalue weighted by molar-refractivity contribution is 6.30. The quantitative estimate of drug-likeness (QED) is 0.308. The second-order valence-corrected chi connectivity index (χ2v) is 10.2. The Balaban J connectivity index is 1.17. The molecule has 1 aliphatic rings. The van der Waals surface area contributed by atoms with Crippen molar-refractivity contribution in [2.45, 2.75) is 71.1 Å². The molecule has 1 heteroatoms. The van der Waals surface area contributed by atoms with Gasteiger partial charge < -0.3 is 0 Å². The van der Waals surface area contributed by atoms with E-state index in [4.69, 9.17) is 11.6 Å². The van der Waals surface area contributed by atoms with Crippen LogP contribution in [0.1, 0.15) is 68.6 Å². The maximum atomic E-state index is 6.01. The summed E-state index contributed by atoms with van der Waals surface area (Å²) in [6.45, 7) is 2.25. The maximum Gasteiger partial charge on any atom is 0.0406 e. The van der Waals surface area contributed by atoms with Crippen molar-refractivity contribution in [1.82, 2.24) is 0 Å². The minimum Gasteiger partial charge on any atom is -0.0843 e. The monoisotopic (exact) mass is 444 g/mol. The standard InChI is InChI=1S/C31H37Cl/c1-2-3-24-4-6-25(7-5-24)8-9-26-10-12-27(13-11-26)14-15-28-16-18-29(19-17-28)30-20-22-31(32)23-21-30/h4-7,16-23,26-27H,2-3,8-15H2,1H3/t26-,27-. The molecule has 1 fully saturated rings. The van der Waals surface area contributed by atoms with Crippen LogP contribution in [0.25, 0.3) is 11.1 Å². The van der Waals surface area contributed by atoms with Gasteiger partial charge in [-0.3, -0.25) is 0 Å². The van der Waals surface area contributed by atoms with Crippen molar-refractivity contribution in [3.63, 3.8) is 0 Å². The molecule has 0 radical (unpaired) electrons. The number of rotatable bonds is 9. The van der Waals surface area contributed by atoms with Crippen LogP contribution in [0.5, 0.6) is 0 Å². The van der Waals surface area contributed by atoms with E-state index in [0.29, 0.717) is 0 Å². The van der Waals surface area contributed by atoms with Gasteiger partial charge in [-0.15, -0.1) is 0 Å². The third kappa shape index (κ3) is 6.72. The molecule has 0 amide bonds. The zero-order valence-electron chi connectivity index (χ0n) is 19.5. The van der Waals surface area contributed by atoms with E-state index in [1.165, 1.54) is 92.0 Å². The lowest BCUT2D eigenvalue weighted by Gasteiger charge is -2.28. The van der Waals surface area contributed by atoms with Crippen LogP contribution in [0.4, 0.5) is 0 Å². The normalized spacial score (nSPS) is 18.6. The van der Waals surface area contributed by atoms with E-state index in [2.05, 4.69) is 67.6 Å². The van der Waals surface area contributed by atoms with E-state index in [-0.39, 0.29) is 0 Å². The van der Waals surface area contributed by atoms with Crippen LogP contribution in [0.15, 0.2) is 72.8 Å². The SMILES string of the molecule is CCCc1ccc(CC[C@H]2CC[C@H](CCc3ccc(-c4ccc(Cl)cc4)cc3)CC2)cc1. The van der Waals surface area contributed by atoms with Crippen molar-refractivity contribution in [2.75, 3.05) is 0 Å². The minimum atomic E-state index is 0.793. The first-order chi connectivity index (χ1) is 15.7. The Morgan fingerprint density at radius 1 is 0.562 bits per heavy atom. The van der Waals surface area contributed by atoms with Crippen molar-refractivity contribution in [2.24, 2.45) is 11.8 Å². The largest absolute Gasteiger partial charge is 0.0843 e. The molecule has 32 heavy (non-hydrogen) atoms. The van der Waals surface area contributed by atoms with Gasteiger partial charge in [0.25, 0.3) is 0 Å². The van der Waals surface area contributed by atoms with Crippen molar-refractivity contribution in [3.8, 4) is 11.1 Å². The molecular weight excluding hydrogens is 408 g/mol. The molecule has 0 aliphatic heterocycles. The summed E-state index contributed by atoms with van der Waals surface area (Å²) in [5, 5.41) is 0.793. The van der Waals surface area contributed by atoms with Gasteiger partial charge in [0.15, 0.2) is 0 Å². The van der Waals surface area contributed by atoms with Gasteiger partial charge >= 0.3 is 0 Å². The van der Waals surface area contributed by atoms with Gasteiger partial charge in [0, 0.05) is 5.02 Å². The number of halogens is 1. The van der Waals surface area contributed by atoms with Crippen molar-refractivity contribution >= 4 is 11.6 Å². The average Bonchev–Trinajstić information content (AvgIpc) is 2.84. The molecule has 0 nitrogen and oxygen atoms in total. The molecule has 0 atom stereocenters. The Bertz CT molecular complexity index is 929. The molecule has 3 aromatic carbocycles. The van der Waals surface area contributed by atoms with Crippen LogP contribution in [0, 0.1) is 11.8 Å². The molecule has 1 saturated carbocycles. The highest BCUT2D eigenvalue weighted by atomic mass is 35.5. The summed E-state index contributed by atoms with van der Waals surface area (Å²) in [4.78, 5) is 0. The molecule has 0 spiro atoms. The Morgan fingerprint density at radius 3 is 1.38 bits per heavy atom. The first kappa shape index (κ1) is 23.1. The molecule has 0 aromatic heterocycles. The molecule has 0 N–H and O–H groups in total. The number of hydrogen-bond acceptors (Lipinski definition) is 0. The lowest BCUT2D eigenvalue weighted by molar-refractivity contribution is 0.253. The van der Waals surface area contributed by atoms with Crippen LogP contribution in [0.2, 0.25) is 5.02 Å². The zero-order chi connectivity index (χ0) is 22.2. The third-order valence-corrected chi connectivity index (χ3v) is 7.59. The predicted molar refractivity (Wildman–Crippen MR) is 139 cm³/mol. The van der Waals surface area contributed by atoms with E-state index in [9.17, 15) is 0 Å². The maximum absolute atomic E-state index is 6.01. The molecular formula is C31H37Cl. The first-order valence-electron chi connectivity index (χ1n) is 12.6. The van der Waals surface area contributed by atoms with E-state index in [1.54, 1.807) is 0 Å². The highest BCUT2D eigenvalue weighted by Gasteiger charge is 2.20. The Morgan fingerprint density at radius 2 is 0.938 bits per heavy atom. The van der Waals surface area contributed by atoms with Crippen LogP contribution < -0.4 is 0 Å². The smallest absolute Gasteiger partial charge is 0.0406 e. The molecule has 0 saturated heterocycles. The summed E-state index contributed by atoms with van der Waals surface area (Å²) in [5.74, 6) is 1.84. The third-order valence-electron chi connectivity index (χ3n) is 7.34. The molecule has 0 bridgehead atoms. The lowest BCUT2D eigenvalue weighted by Crippen LogP contribution is -2.15. The van der Waals surface area contributed by atoms with Gasteiger partial charge in [-0.25, -0.2) is 0 Å². The van der Waals surface area contributed by atoms with Crippen LogP contribution in [0.3, 0.4) is 0 Å². The van der Waals surface area contributed by atoms with E-state index >= 15 is 0 Å². The van der Waals surface area contributed by atoms with Crippen LogP contribution in [-0.2, 0) is 19.3 Å². The molecule has 168 valence electrons. The molecule has 4 rings (SSSR count). The predicted octanol–water partition coefficient (Wildman–Crippen LogP) is 9.33. The van der Waals surface area contributed by atoms with E-state index in [1.807, 2.05) is 12.1 Å². The minimum absolute atomic E-state index is 0.793. The summed E-state index contributed by atoms with van der Waals surface area (Å²) in [5.41, 5.74) is 6.98. The molecule has 0 heterocycles. The van der Waals surface area contributed by atoms with Gasteiger partial charge in [0.1, 0.15) is 0 Å². The fraction of sp³-hybridized carbons (Fsp3) is 0.419. The van der Waals surface area contributed by atoms with Crippen LogP contribution >= 0.6 is 11.6 Å². The zero-order valence-corrected chi connectivity index (χ0v) is 20.3. The highest BCUT2D eigenvalue weighted by Crippen LogP contribution is 2.34. The topological polar surface area (TPSA) is 0 Å². The number of benzene rings is 3. The van der Waals surface area contributed by atoms with Gasteiger partial charge in [-0.2, -0.15) is 0 Å². The summed E-state index contributed by atoms with van der Waals surface area (Å²) >= 11 is 6.01. The summed E-state index contributed by atoms with van der Waals surface area (Å²) in [7, 11) is 0. The van der Waals surface area contributed by atoms with Crippen LogP contribution in [-0.4, -0.2) is 0 Å². The number of hydrogen-bond donors (Lipinski definition) is 0. The fourth-order valence-electron chi connectivity index (χ4n) is 5.22. The summed E-state index contributed by atoms with van der Waals surface area (Å²) in [6, 6.07) is 26.6. The lowest BCUT2D eigenvalue weighted by atomic mass is 9.77.